The van der Waals surface area contributed by atoms with E-state index in [4.69, 9.17) is 4.74 Å². The second-order valence-corrected chi connectivity index (χ2v) is 13.4. The summed E-state index contributed by atoms with van der Waals surface area (Å²) in [6.07, 6.45) is 3.68. The third-order valence-electron chi connectivity index (χ3n) is 7.20. The molecule has 3 nitrogen and oxygen atoms in total. The minimum absolute atomic E-state index is 0.410. The highest BCUT2D eigenvalue weighted by molar-refractivity contribution is 7.95. The van der Waals surface area contributed by atoms with Gasteiger partial charge in [0.25, 0.3) is 0 Å². The summed E-state index contributed by atoms with van der Waals surface area (Å²) in [5, 5.41) is 7.15. The number of benzene rings is 5. The Labute approximate surface area is 238 Å². The van der Waals surface area contributed by atoms with E-state index in [0.29, 0.717) is 12.3 Å². The highest BCUT2D eigenvalue weighted by atomic mass is 31.2. The Kier molecular flexibility index (Phi) is 9.40. The Hall–Kier alpha value is -4.20. The molecule has 200 valence electrons. The molecule has 1 amide bonds. The molecule has 1 N–H and O–H groups in total. The van der Waals surface area contributed by atoms with Crippen LogP contribution in [0.15, 0.2) is 146 Å². The topological polar surface area (TPSA) is 38.3 Å². The molecule has 0 heterocycles. The number of hydrogen-bond acceptors (Lipinski definition) is 2. The van der Waals surface area contributed by atoms with Gasteiger partial charge in [-0.1, -0.05) is 97.1 Å². The van der Waals surface area contributed by atoms with E-state index in [0.717, 1.165) is 36.6 Å². The van der Waals surface area contributed by atoms with Crippen LogP contribution < -0.4 is 26.0 Å². The lowest BCUT2D eigenvalue weighted by molar-refractivity contribution is 0.200. The van der Waals surface area contributed by atoms with E-state index < -0.39 is 13.4 Å². The monoisotopic (exact) mass is 544 g/mol. The molecule has 5 rings (SSSR count). The Bertz CT molecular complexity index is 1360. The van der Waals surface area contributed by atoms with E-state index in [1.54, 1.807) is 0 Å². The molecule has 5 aromatic rings. The van der Waals surface area contributed by atoms with Crippen molar-refractivity contribution in [3.63, 3.8) is 0 Å². The van der Waals surface area contributed by atoms with Crippen LogP contribution in [0.25, 0.3) is 11.1 Å². The number of hydrogen-bond donors (Lipinski definition) is 1. The minimum Gasteiger partial charge on any atom is -0.410 e. The van der Waals surface area contributed by atoms with Crippen LogP contribution in [-0.2, 0) is 0 Å². The molecule has 0 fully saturated rings. The quantitative estimate of drug-likeness (QED) is 0.137. The van der Waals surface area contributed by atoms with E-state index >= 15 is 0 Å². The first-order valence-corrected chi connectivity index (χ1v) is 15.9. The van der Waals surface area contributed by atoms with E-state index in [1.807, 2.05) is 42.5 Å². The van der Waals surface area contributed by atoms with Crippen molar-refractivity contribution in [1.29, 1.82) is 0 Å². The van der Waals surface area contributed by atoms with Crippen molar-refractivity contribution in [3.8, 4) is 16.9 Å². The maximum Gasteiger partial charge on any atom is 0.412 e. The normalized spacial score (nSPS) is 11.1. The molecule has 0 aliphatic heterocycles. The van der Waals surface area contributed by atoms with Gasteiger partial charge in [0, 0.05) is 6.54 Å². The summed E-state index contributed by atoms with van der Waals surface area (Å²) in [6.45, 7) is 0.592. The fraction of sp³-hybridized carbons (Fsp3) is 0.139. The van der Waals surface area contributed by atoms with Crippen molar-refractivity contribution in [2.45, 2.75) is 19.3 Å². The zero-order valence-electron chi connectivity index (χ0n) is 22.7. The molecular weight excluding hydrogens is 509 g/mol. The summed E-state index contributed by atoms with van der Waals surface area (Å²) in [5.74, 6) is 0.542. The first kappa shape index (κ1) is 27.4. The lowest BCUT2D eigenvalue weighted by Gasteiger charge is -2.27. The second kappa shape index (κ2) is 13.7. The van der Waals surface area contributed by atoms with Gasteiger partial charge in [-0.15, -0.1) is 0 Å². The van der Waals surface area contributed by atoms with Gasteiger partial charge in [-0.2, -0.15) is 0 Å². The number of ether oxygens (including phenoxy) is 1. The van der Waals surface area contributed by atoms with Crippen molar-refractivity contribution < 1.29 is 9.53 Å². The van der Waals surface area contributed by atoms with Gasteiger partial charge in [-0.25, -0.2) is 4.79 Å². The Balaban J connectivity index is 1.17. The van der Waals surface area contributed by atoms with Crippen molar-refractivity contribution in [3.05, 3.63) is 146 Å². The predicted molar refractivity (Wildman–Crippen MR) is 170 cm³/mol. The molecular formula is C36H35NO2P+. The first-order valence-electron chi connectivity index (χ1n) is 13.9. The van der Waals surface area contributed by atoms with Crippen molar-refractivity contribution >= 4 is 29.3 Å². The minimum atomic E-state index is -1.81. The molecule has 0 spiro atoms. The van der Waals surface area contributed by atoms with Gasteiger partial charge in [0.05, 0.1) is 6.16 Å². The van der Waals surface area contributed by atoms with Crippen LogP contribution in [0, 0.1) is 0 Å². The SMILES string of the molecule is O=C(NCCCCC[P+](c1ccccc1)(c1ccccc1)c1ccccc1)Oc1ccc(-c2ccccc2)cc1. The Morgan fingerprint density at radius 2 is 0.975 bits per heavy atom. The van der Waals surface area contributed by atoms with E-state index in [2.05, 4.69) is 108 Å². The highest BCUT2D eigenvalue weighted by Gasteiger charge is 2.44. The number of rotatable bonds is 11. The molecule has 4 heteroatoms. The maximum atomic E-state index is 12.4. The fourth-order valence-electron chi connectivity index (χ4n) is 5.21. The molecule has 0 unspecified atom stereocenters. The third-order valence-corrected chi connectivity index (χ3v) is 11.7. The molecule has 40 heavy (non-hydrogen) atoms. The van der Waals surface area contributed by atoms with Crippen LogP contribution in [-0.4, -0.2) is 18.8 Å². The summed E-state index contributed by atoms with van der Waals surface area (Å²) in [7, 11) is -1.81. The zero-order valence-corrected chi connectivity index (χ0v) is 23.6. The number of carbonyl (C=O) groups is 1. The zero-order chi connectivity index (χ0) is 27.5. The van der Waals surface area contributed by atoms with E-state index in [1.165, 1.54) is 15.9 Å². The Morgan fingerprint density at radius 3 is 1.48 bits per heavy atom. The molecule has 0 aliphatic carbocycles. The molecule has 0 radical (unpaired) electrons. The number of unbranched alkanes of at least 4 members (excludes halogenated alkanes) is 2. The molecule has 0 aliphatic rings. The highest BCUT2D eigenvalue weighted by Crippen LogP contribution is 2.55. The van der Waals surface area contributed by atoms with Crippen LogP contribution in [0.5, 0.6) is 5.75 Å². The molecule has 5 aromatic carbocycles. The maximum absolute atomic E-state index is 12.4. The van der Waals surface area contributed by atoms with Gasteiger partial charge in [-0.05, 0) is 78.9 Å². The number of carbonyl (C=O) groups excluding carboxylic acids is 1. The van der Waals surface area contributed by atoms with E-state index in [9.17, 15) is 4.79 Å². The lowest BCUT2D eigenvalue weighted by Crippen LogP contribution is -2.33. The average molecular weight is 545 g/mol. The standard InChI is InChI=1S/C36H34NO2P/c38-36(39-32-26-24-31(25-27-32)30-16-6-1-7-17-30)37-28-14-5-15-29-40(33-18-8-2-9-19-33,34-20-10-3-11-21-34)35-22-12-4-13-23-35/h1-4,6-13,16-27H,5,14-15,28-29H2/p+1. The van der Waals surface area contributed by atoms with Gasteiger partial charge in [0.1, 0.15) is 28.9 Å². The van der Waals surface area contributed by atoms with Crippen LogP contribution in [0.2, 0.25) is 0 Å². The van der Waals surface area contributed by atoms with Gasteiger partial charge in [-0.3, -0.25) is 0 Å². The Morgan fingerprint density at radius 1 is 0.525 bits per heavy atom. The van der Waals surface area contributed by atoms with Crippen LogP contribution in [0.1, 0.15) is 19.3 Å². The van der Waals surface area contributed by atoms with Crippen LogP contribution in [0.3, 0.4) is 0 Å². The summed E-state index contributed by atoms with van der Waals surface area (Å²) in [5.41, 5.74) is 2.23. The molecule has 0 saturated carbocycles. The van der Waals surface area contributed by atoms with Crippen LogP contribution >= 0.6 is 7.26 Å². The lowest BCUT2D eigenvalue weighted by atomic mass is 10.1. The largest absolute Gasteiger partial charge is 0.412 e. The molecule has 0 bridgehead atoms. The third kappa shape index (κ3) is 6.68. The van der Waals surface area contributed by atoms with Gasteiger partial charge in [0.2, 0.25) is 0 Å². The summed E-state index contributed by atoms with van der Waals surface area (Å²) in [6, 6.07) is 50.7. The molecule has 0 aromatic heterocycles. The molecule has 0 saturated heterocycles. The number of amides is 1. The van der Waals surface area contributed by atoms with Crippen molar-refractivity contribution in [2.75, 3.05) is 12.7 Å². The fourth-order valence-corrected chi connectivity index (χ4v) is 9.62. The van der Waals surface area contributed by atoms with Crippen LogP contribution in [0.4, 0.5) is 4.79 Å². The number of nitrogens with one attached hydrogen (secondary N) is 1. The summed E-state index contributed by atoms with van der Waals surface area (Å²) >= 11 is 0. The first-order chi connectivity index (χ1) is 19.8. The van der Waals surface area contributed by atoms with Crippen molar-refractivity contribution in [2.24, 2.45) is 0 Å². The smallest absolute Gasteiger partial charge is 0.410 e. The summed E-state index contributed by atoms with van der Waals surface area (Å²) < 4.78 is 5.49. The van der Waals surface area contributed by atoms with E-state index in [-0.39, 0.29) is 0 Å². The second-order valence-electron chi connectivity index (χ2n) is 9.81. The average Bonchev–Trinajstić information content (AvgIpc) is 3.03. The predicted octanol–water partition coefficient (Wildman–Crippen LogP) is 7.61. The molecule has 0 atom stereocenters. The summed E-state index contributed by atoms with van der Waals surface area (Å²) in [4.78, 5) is 12.4. The van der Waals surface area contributed by atoms with Gasteiger partial charge < -0.3 is 10.1 Å². The van der Waals surface area contributed by atoms with Gasteiger partial charge >= 0.3 is 6.09 Å². The van der Waals surface area contributed by atoms with Gasteiger partial charge in [0.15, 0.2) is 0 Å². The van der Waals surface area contributed by atoms with Crippen molar-refractivity contribution in [1.82, 2.24) is 5.32 Å².